The summed E-state index contributed by atoms with van der Waals surface area (Å²) in [6.45, 7) is 8.15. The smallest absolute Gasteiger partial charge is 0.115 e. The maximum Gasteiger partial charge on any atom is 0.115 e. The molecule has 2 rings (SSSR count). The van der Waals surface area contributed by atoms with E-state index in [0.717, 1.165) is 39.1 Å². The number of aryl methyl sites for hydroxylation is 2. The summed E-state index contributed by atoms with van der Waals surface area (Å²) in [4.78, 5) is 8.62. The molecule has 0 saturated carbocycles. The number of likely N-dealkylation sites (tertiary alicyclic amines) is 1. The molecule has 19 heavy (non-hydrogen) atoms. The zero-order valence-corrected chi connectivity index (χ0v) is 13.3. The Morgan fingerprint density at radius 3 is 2.84 bits per heavy atom. The SMILES string of the molecule is CCc1nc(C2(NCCOC)CCN(C)C2)sc1C. The Kier molecular flexibility index (Phi) is 4.95. The number of ether oxygens (including phenoxy) is 1. The first-order valence-electron chi connectivity index (χ1n) is 7.00. The summed E-state index contributed by atoms with van der Waals surface area (Å²) in [6, 6.07) is 0. The summed E-state index contributed by atoms with van der Waals surface area (Å²) in [5.41, 5.74) is 1.28. The van der Waals surface area contributed by atoms with E-state index in [2.05, 4.69) is 31.1 Å². The minimum Gasteiger partial charge on any atom is -0.383 e. The lowest BCUT2D eigenvalue weighted by Crippen LogP contribution is -2.45. The molecule has 0 aromatic carbocycles. The van der Waals surface area contributed by atoms with E-state index in [1.807, 2.05) is 11.3 Å². The normalized spacial score (nSPS) is 24.2. The van der Waals surface area contributed by atoms with Gasteiger partial charge < -0.3 is 15.0 Å². The number of hydrogen-bond acceptors (Lipinski definition) is 5. The zero-order valence-electron chi connectivity index (χ0n) is 12.5. The van der Waals surface area contributed by atoms with Gasteiger partial charge in [0.05, 0.1) is 17.8 Å². The third-order valence-corrected chi connectivity index (χ3v) is 5.08. The van der Waals surface area contributed by atoms with Gasteiger partial charge >= 0.3 is 0 Å². The Balaban J connectivity index is 2.21. The van der Waals surface area contributed by atoms with Crippen LogP contribution in [0.2, 0.25) is 0 Å². The molecule has 0 amide bonds. The summed E-state index contributed by atoms with van der Waals surface area (Å²) in [5, 5.41) is 4.94. The van der Waals surface area contributed by atoms with Gasteiger partial charge in [0.1, 0.15) is 5.01 Å². The van der Waals surface area contributed by atoms with E-state index in [1.165, 1.54) is 15.6 Å². The maximum absolute atomic E-state index is 5.17. The maximum atomic E-state index is 5.17. The van der Waals surface area contributed by atoms with Crippen molar-refractivity contribution in [1.29, 1.82) is 0 Å². The highest BCUT2D eigenvalue weighted by Crippen LogP contribution is 2.35. The Morgan fingerprint density at radius 1 is 1.53 bits per heavy atom. The number of hydrogen-bond donors (Lipinski definition) is 1. The summed E-state index contributed by atoms with van der Waals surface area (Å²) in [5.74, 6) is 0. The van der Waals surface area contributed by atoms with Gasteiger partial charge in [-0.3, -0.25) is 0 Å². The topological polar surface area (TPSA) is 37.4 Å². The van der Waals surface area contributed by atoms with Gasteiger partial charge in [0.2, 0.25) is 0 Å². The van der Waals surface area contributed by atoms with Crippen LogP contribution in [0.1, 0.15) is 28.9 Å². The predicted octanol–water partition coefficient (Wildman–Crippen LogP) is 1.78. The monoisotopic (exact) mass is 283 g/mol. The van der Waals surface area contributed by atoms with Crippen molar-refractivity contribution >= 4 is 11.3 Å². The molecule has 1 aromatic heterocycles. The Labute approximate surface area is 120 Å². The fourth-order valence-electron chi connectivity index (χ4n) is 2.75. The van der Waals surface area contributed by atoms with Crippen molar-refractivity contribution in [2.24, 2.45) is 0 Å². The molecule has 108 valence electrons. The zero-order chi connectivity index (χ0) is 13.9. The van der Waals surface area contributed by atoms with Crippen LogP contribution < -0.4 is 5.32 Å². The van der Waals surface area contributed by atoms with Crippen LogP contribution in [0, 0.1) is 6.92 Å². The molecule has 1 aliphatic heterocycles. The second kappa shape index (κ2) is 6.31. The molecule has 0 aliphatic carbocycles. The molecule has 1 N–H and O–H groups in total. The molecule has 5 heteroatoms. The van der Waals surface area contributed by atoms with E-state index in [9.17, 15) is 0 Å². The average Bonchev–Trinajstić information content (AvgIpc) is 2.94. The van der Waals surface area contributed by atoms with Crippen molar-refractivity contribution in [2.45, 2.75) is 32.2 Å². The molecule has 4 nitrogen and oxygen atoms in total. The van der Waals surface area contributed by atoms with Crippen LogP contribution in [0.15, 0.2) is 0 Å². The van der Waals surface area contributed by atoms with Crippen molar-refractivity contribution in [3.63, 3.8) is 0 Å². The molecule has 2 heterocycles. The minimum absolute atomic E-state index is 0.0239. The van der Waals surface area contributed by atoms with Crippen molar-refractivity contribution in [3.05, 3.63) is 15.6 Å². The predicted molar refractivity (Wildman–Crippen MR) is 79.9 cm³/mol. The van der Waals surface area contributed by atoms with Crippen LogP contribution in [-0.2, 0) is 16.7 Å². The van der Waals surface area contributed by atoms with Crippen molar-refractivity contribution in [3.8, 4) is 0 Å². The molecule has 1 unspecified atom stereocenters. The summed E-state index contributed by atoms with van der Waals surface area (Å²) in [7, 11) is 3.93. The number of rotatable bonds is 6. The second-order valence-electron chi connectivity index (χ2n) is 5.36. The Bertz CT molecular complexity index is 421. The van der Waals surface area contributed by atoms with Gasteiger partial charge in [-0.15, -0.1) is 11.3 Å². The summed E-state index contributed by atoms with van der Waals surface area (Å²) in [6.07, 6.45) is 2.15. The number of methoxy groups -OCH3 is 1. The lowest BCUT2D eigenvalue weighted by molar-refractivity contribution is 0.183. The van der Waals surface area contributed by atoms with Crippen molar-refractivity contribution in [1.82, 2.24) is 15.2 Å². The van der Waals surface area contributed by atoms with Crippen molar-refractivity contribution < 1.29 is 4.74 Å². The largest absolute Gasteiger partial charge is 0.383 e. The molecule has 1 saturated heterocycles. The second-order valence-corrected chi connectivity index (χ2v) is 6.57. The first-order valence-corrected chi connectivity index (χ1v) is 7.82. The Morgan fingerprint density at radius 2 is 2.32 bits per heavy atom. The lowest BCUT2D eigenvalue weighted by Gasteiger charge is -2.28. The van der Waals surface area contributed by atoms with E-state index >= 15 is 0 Å². The van der Waals surface area contributed by atoms with Crippen LogP contribution >= 0.6 is 11.3 Å². The van der Waals surface area contributed by atoms with Gasteiger partial charge in [0, 0.05) is 31.6 Å². The summed E-state index contributed by atoms with van der Waals surface area (Å²) < 4.78 is 5.17. The molecule has 0 bridgehead atoms. The highest BCUT2D eigenvalue weighted by Gasteiger charge is 2.40. The molecule has 1 atom stereocenters. The van der Waals surface area contributed by atoms with Crippen LogP contribution in [0.5, 0.6) is 0 Å². The fraction of sp³-hybridized carbons (Fsp3) is 0.786. The van der Waals surface area contributed by atoms with Gasteiger partial charge in [-0.2, -0.15) is 0 Å². The number of nitrogens with one attached hydrogen (secondary N) is 1. The first-order chi connectivity index (χ1) is 9.11. The van der Waals surface area contributed by atoms with Gasteiger partial charge in [0.25, 0.3) is 0 Å². The van der Waals surface area contributed by atoms with Crippen LogP contribution in [0.25, 0.3) is 0 Å². The highest BCUT2D eigenvalue weighted by atomic mass is 32.1. The minimum atomic E-state index is 0.0239. The Hall–Kier alpha value is -0.490. The van der Waals surface area contributed by atoms with E-state index in [1.54, 1.807) is 7.11 Å². The number of likely N-dealkylation sites (N-methyl/N-ethyl adjacent to an activating group) is 1. The number of aromatic nitrogens is 1. The molecule has 1 aromatic rings. The van der Waals surface area contributed by atoms with E-state index < -0.39 is 0 Å². The number of thiazole rings is 1. The van der Waals surface area contributed by atoms with Gasteiger partial charge in [-0.25, -0.2) is 4.98 Å². The van der Waals surface area contributed by atoms with Crippen LogP contribution in [-0.4, -0.2) is 50.3 Å². The highest BCUT2D eigenvalue weighted by molar-refractivity contribution is 7.11. The third kappa shape index (κ3) is 3.16. The molecule has 1 aliphatic rings. The molecule has 0 radical (unpaired) electrons. The van der Waals surface area contributed by atoms with Gasteiger partial charge in [-0.05, 0) is 26.8 Å². The third-order valence-electron chi connectivity index (χ3n) is 3.87. The summed E-state index contributed by atoms with van der Waals surface area (Å²) >= 11 is 1.85. The van der Waals surface area contributed by atoms with Crippen LogP contribution in [0.3, 0.4) is 0 Å². The van der Waals surface area contributed by atoms with Gasteiger partial charge in [-0.1, -0.05) is 6.92 Å². The average molecular weight is 283 g/mol. The molecule has 1 fully saturated rings. The molecular formula is C14H25N3OS. The molecule has 0 spiro atoms. The quantitative estimate of drug-likeness (QED) is 0.808. The van der Waals surface area contributed by atoms with E-state index in [0.29, 0.717) is 0 Å². The first kappa shape index (κ1) is 14.9. The lowest BCUT2D eigenvalue weighted by atomic mass is 9.99. The van der Waals surface area contributed by atoms with E-state index in [-0.39, 0.29) is 5.54 Å². The van der Waals surface area contributed by atoms with Crippen LogP contribution in [0.4, 0.5) is 0 Å². The fourth-order valence-corrected chi connectivity index (χ4v) is 3.94. The van der Waals surface area contributed by atoms with Crippen molar-refractivity contribution in [2.75, 3.05) is 40.4 Å². The van der Waals surface area contributed by atoms with E-state index in [4.69, 9.17) is 9.72 Å². The number of nitrogens with zero attached hydrogens (tertiary/aromatic N) is 2. The molecular weight excluding hydrogens is 258 g/mol. The standard InChI is InChI=1S/C14H25N3OS/c1-5-12-11(2)19-13(16-12)14(15-7-9-18-4)6-8-17(3)10-14/h15H,5-10H2,1-4H3. The van der Waals surface area contributed by atoms with Gasteiger partial charge in [0.15, 0.2) is 0 Å².